The van der Waals surface area contributed by atoms with E-state index in [1.165, 1.54) is 0 Å². The van der Waals surface area contributed by atoms with Gasteiger partial charge in [-0.1, -0.05) is 0 Å². The van der Waals surface area contributed by atoms with Gasteiger partial charge in [-0.2, -0.15) is 5.10 Å². The van der Waals surface area contributed by atoms with Gasteiger partial charge < -0.3 is 9.47 Å². The monoisotopic (exact) mass is 354 g/mol. The molecule has 1 atom stereocenters. The Labute approximate surface area is 132 Å². The first-order chi connectivity index (χ1) is 10.0. The summed E-state index contributed by atoms with van der Waals surface area (Å²) >= 11 is 3.51. The number of benzene rings is 1. The maximum Gasteiger partial charge on any atom is 0.141 e. The maximum absolute atomic E-state index is 5.77. The van der Waals surface area contributed by atoms with Crippen LogP contribution in [0.1, 0.15) is 22.9 Å². The van der Waals surface area contributed by atoms with Gasteiger partial charge in [-0.15, -0.1) is 0 Å². The minimum Gasteiger partial charge on any atom is -0.495 e. The molecule has 114 valence electrons. The number of nitrogens with two attached hydrogens (primary N) is 1. The van der Waals surface area contributed by atoms with Crippen molar-refractivity contribution in [1.29, 1.82) is 0 Å². The highest BCUT2D eigenvalue weighted by Gasteiger charge is 2.23. The zero-order chi connectivity index (χ0) is 15.6. The second-order valence-electron chi connectivity index (χ2n) is 4.65. The molecular weight excluding hydrogens is 336 g/mol. The third-order valence-corrected chi connectivity index (χ3v) is 4.11. The van der Waals surface area contributed by atoms with Crippen molar-refractivity contribution < 1.29 is 9.47 Å². The number of aryl methyl sites for hydroxylation is 2. The molecule has 21 heavy (non-hydrogen) atoms. The van der Waals surface area contributed by atoms with Crippen LogP contribution in [0.3, 0.4) is 0 Å². The van der Waals surface area contributed by atoms with Crippen LogP contribution in [0.5, 0.6) is 11.5 Å². The lowest BCUT2D eigenvalue weighted by molar-refractivity contribution is 0.382. The van der Waals surface area contributed by atoms with Crippen LogP contribution in [0, 0.1) is 6.92 Å². The molecule has 3 N–H and O–H groups in total. The van der Waals surface area contributed by atoms with Crippen LogP contribution in [0.4, 0.5) is 0 Å². The van der Waals surface area contributed by atoms with Crippen LogP contribution in [0.15, 0.2) is 22.8 Å². The molecule has 0 bridgehead atoms. The molecule has 0 radical (unpaired) electrons. The van der Waals surface area contributed by atoms with E-state index in [0.29, 0.717) is 11.5 Å². The summed E-state index contributed by atoms with van der Waals surface area (Å²) in [6.45, 7) is 1.95. The van der Waals surface area contributed by atoms with Crippen molar-refractivity contribution >= 4 is 15.9 Å². The summed E-state index contributed by atoms with van der Waals surface area (Å²) in [4.78, 5) is 0. The molecule has 1 heterocycles. The van der Waals surface area contributed by atoms with Crippen LogP contribution in [-0.4, -0.2) is 24.0 Å². The number of hydrogen-bond donors (Lipinski definition) is 2. The van der Waals surface area contributed by atoms with Crippen molar-refractivity contribution in [2.24, 2.45) is 12.9 Å². The molecule has 7 heteroatoms. The third kappa shape index (κ3) is 2.90. The highest BCUT2D eigenvalue weighted by atomic mass is 79.9. The number of hydrogen-bond acceptors (Lipinski definition) is 5. The zero-order valence-electron chi connectivity index (χ0n) is 12.5. The molecule has 1 unspecified atom stereocenters. The van der Waals surface area contributed by atoms with Gasteiger partial charge in [0.2, 0.25) is 0 Å². The van der Waals surface area contributed by atoms with Crippen LogP contribution < -0.4 is 20.7 Å². The fourth-order valence-electron chi connectivity index (χ4n) is 2.39. The fraction of sp³-hybridized carbons (Fsp3) is 0.357. The van der Waals surface area contributed by atoms with Gasteiger partial charge in [0.25, 0.3) is 0 Å². The summed E-state index contributed by atoms with van der Waals surface area (Å²) in [5, 5.41) is 4.36. The Morgan fingerprint density at radius 1 is 1.29 bits per heavy atom. The van der Waals surface area contributed by atoms with Crippen molar-refractivity contribution in [1.82, 2.24) is 15.2 Å². The van der Waals surface area contributed by atoms with Gasteiger partial charge in [0.1, 0.15) is 16.0 Å². The fourth-order valence-corrected chi connectivity index (χ4v) is 3.08. The normalized spacial score (nSPS) is 12.3. The lowest BCUT2D eigenvalue weighted by Gasteiger charge is -2.20. The van der Waals surface area contributed by atoms with E-state index in [4.69, 9.17) is 15.3 Å². The van der Waals surface area contributed by atoms with E-state index in [1.807, 2.05) is 32.3 Å². The number of ether oxygens (including phenoxy) is 2. The Bertz CT molecular complexity index is 642. The lowest BCUT2D eigenvalue weighted by Crippen LogP contribution is -2.29. The topological polar surface area (TPSA) is 74.3 Å². The third-order valence-electron chi connectivity index (χ3n) is 3.36. The summed E-state index contributed by atoms with van der Waals surface area (Å²) in [5.41, 5.74) is 5.65. The predicted octanol–water partition coefficient (Wildman–Crippen LogP) is 2.06. The number of halogens is 1. The highest BCUT2D eigenvalue weighted by molar-refractivity contribution is 9.10. The van der Waals surface area contributed by atoms with E-state index in [1.54, 1.807) is 18.9 Å². The number of hydrazine groups is 1. The lowest BCUT2D eigenvalue weighted by atomic mass is 9.99. The molecule has 6 nitrogen and oxygen atoms in total. The van der Waals surface area contributed by atoms with E-state index >= 15 is 0 Å². The Hall–Kier alpha value is -1.57. The minimum absolute atomic E-state index is 0.226. The minimum atomic E-state index is -0.226. The molecule has 0 aliphatic carbocycles. The van der Waals surface area contributed by atoms with Crippen molar-refractivity contribution in [3.63, 3.8) is 0 Å². The van der Waals surface area contributed by atoms with Gasteiger partial charge in [0.15, 0.2) is 0 Å². The molecule has 0 aliphatic rings. The molecule has 0 spiro atoms. The largest absolute Gasteiger partial charge is 0.495 e. The van der Waals surface area contributed by atoms with Gasteiger partial charge >= 0.3 is 0 Å². The molecule has 0 saturated heterocycles. The quantitative estimate of drug-likeness (QED) is 0.634. The second-order valence-corrected chi connectivity index (χ2v) is 5.44. The van der Waals surface area contributed by atoms with Crippen molar-refractivity contribution in [2.45, 2.75) is 13.0 Å². The summed E-state index contributed by atoms with van der Waals surface area (Å²) in [5.74, 6) is 7.15. The van der Waals surface area contributed by atoms with Gasteiger partial charge in [0.05, 0.1) is 26.0 Å². The average molecular weight is 355 g/mol. The first-order valence-electron chi connectivity index (χ1n) is 6.40. The van der Waals surface area contributed by atoms with E-state index < -0.39 is 0 Å². The zero-order valence-corrected chi connectivity index (χ0v) is 14.1. The molecule has 2 rings (SSSR count). The van der Waals surface area contributed by atoms with E-state index in [-0.39, 0.29) is 6.04 Å². The first kappa shape index (κ1) is 15.8. The molecule has 0 fully saturated rings. The Morgan fingerprint density at radius 2 is 2.00 bits per heavy atom. The summed E-state index contributed by atoms with van der Waals surface area (Å²) in [6, 6.07) is 3.58. The number of nitrogens with one attached hydrogen (secondary N) is 1. The summed E-state index contributed by atoms with van der Waals surface area (Å²) < 4.78 is 13.3. The van der Waals surface area contributed by atoms with Gasteiger partial charge in [-0.3, -0.25) is 10.5 Å². The van der Waals surface area contributed by atoms with Crippen molar-refractivity contribution in [3.05, 3.63) is 39.6 Å². The van der Waals surface area contributed by atoms with Gasteiger partial charge in [0, 0.05) is 24.4 Å². The van der Waals surface area contributed by atoms with Crippen LogP contribution >= 0.6 is 15.9 Å². The number of rotatable bonds is 5. The number of aromatic nitrogens is 2. The standard InChI is InChI=1S/C14H19BrN4O2/c1-8-10(7-19(2)18-8)13(17-16)9-5-6-11(20-3)12(15)14(9)21-4/h5-7,13,17H,16H2,1-4H3. The van der Waals surface area contributed by atoms with Crippen LogP contribution in [0.25, 0.3) is 0 Å². The Balaban J connectivity index is 2.57. The molecular formula is C14H19BrN4O2. The molecule has 0 amide bonds. The molecule has 1 aromatic heterocycles. The van der Waals surface area contributed by atoms with Crippen molar-refractivity contribution in [3.8, 4) is 11.5 Å². The smallest absolute Gasteiger partial charge is 0.141 e. The maximum atomic E-state index is 5.77. The number of nitrogens with zero attached hydrogens (tertiary/aromatic N) is 2. The highest BCUT2D eigenvalue weighted by Crippen LogP contribution is 2.41. The van der Waals surface area contributed by atoms with E-state index in [0.717, 1.165) is 21.3 Å². The molecule has 0 aliphatic heterocycles. The first-order valence-corrected chi connectivity index (χ1v) is 7.19. The Kier molecular flexibility index (Phi) is 4.87. The molecule has 0 saturated carbocycles. The van der Waals surface area contributed by atoms with Crippen LogP contribution in [0.2, 0.25) is 0 Å². The summed E-state index contributed by atoms with van der Waals surface area (Å²) in [6.07, 6.45) is 1.94. The summed E-state index contributed by atoms with van der Waals surface area (Å²) in [7, 11) is 5.11. The van der Waals surface area contributed by atoms with Crippen molar-refractivity contribution in [2.75, 3.05) is 14.2 Å². The van der Waals surface area contributed by atoms with Gasteiger partial charge in [-0.25, -0.2) is 5.43 Å². The molecule has 1 aromatic carbocycles. The van der Waals surface area contributed by atoms with Crippen LogP contribution in [-0.2, 0) is 7.05 Å². The SMILES string of the molecule is COc1ccc(C(NN)c2cn(C)nc2C)c(OC)c1Br. The second kappa shape index (κ2) is 6.46. The van der Waals surface area contributed by atoms with E-state index in [2.05, 4.69) is 26.5 Å². The average Bonchev–Trinajstić information content (AvgIpc) is 2.79. The number of methoxy groups -OCH3 is 2. The van der Waals surface area contributed by atoms with Gasteiger partial charge in [-0.05, 0) is 35.0 Å². The predicted molar refractivity (Wildman–Crippen MR) is 84.4 cm³/mol. The van der Waals surface area contributed by atoms with E-state index in [9.17, 15) is 0 Å². The Morgan fingerprint density at radius 3 is 2.48 bits per heavy atom. The molecule has 2 aromatic rings.